The largest absolute Gasteiger partial charge is 0.310 e. The summed E-state index contributed by atoms with van der Waals surface area (Å²) in [5.41, 5.74) is 28.8. The van der Waals surface area contributed by atoms with Gasteiger partial charge in [0.1, 0.15) is 0 Å². The predicted octanol–water partition coefficient (Wildman–Crippen LogP) is 6.73. The van der Waals surface area contributed by atoms with E-state index in [1.165, 1.54) is 100 Å². The van der Waals surface area contributed by atoms with Crippen LogP contribution in [0.1, 0.15) is 61.2 Å². The van der Waals surface area contributed by atoms with Gasteiger partial charge in [-0.2, -0.15) is 0 Å². The number of fused-ring (bicyclic) bond motifs is 8. The first kappa shape index (κ1) is 30.1. The summed E-state index contributed by atoms with van der Waals surface area (Å²) in [6, 6.07) is 51.5. The number of para-hydroxylation sites is 2. The van der Waals surface area contributed by atoms with Crippen LogP contribution in [0.4, 0.5) is 17.1 Å². The minimum Gasteiger partial charge on any atom is -0.310 e. The van der Waals surface area contributed by atoms with E-state index in [-0.39, 0.29) is 6.71 Å². The first-order chi connectivity index (χ1) is 25.5. The lowest BCUT2D eigenvalue weighted by Crippen LogP contribution is -2.65. The Balaban J connectivity index is 1.13. The molecule has 0 unspecified atom stereocenters. The Hall–Kier alpha value is -5.53. The monoisotopic (exact) mass is 663 g/mol. The fourth-order valence-corrected chi connectivity index (χ4v) is 10.5. The van der Waals surface area contributed by atoms with Crippen LogP contribution < -0.4 is 37.7 Å². The third-order valence-corrected chi connectivity index (χ3v) is 12.7. The number of hydrogen-bond donors (Lipinski definition) is 0. The molecule has 0 atom stereocenters. The molecule has 0 fully saturated rings. The minimum atomic E-state index is 0.237. The molecule has 11 rings (SSSR count). The van der Waals surface area contributed by atoms with Gasteiger partial charge in [0.15, 0.2) is 0 Å². The lowest BCUT2D eigenvalue weighted by atomic mass is 9.27. The van der Waals surface area contributed by atoms with Crippen LogP contribution in [0.15, 0.2) is 133 Å². The van der Waals surface area contributed by atoms with Crippen LogP contribution in [0.2, 0.25) is 0 Å². The summed E-state index contributed by atoms with van der Waals surface area (Å²) in [5, 5.41) is 0. The highest BCUT2D eigenvalue weighted by molar-refractivity contribution is 7.00. The Kier molecular flexibility index (Phi) is 6.51. The molecule has 4 heterocycles. The number of rotatable bonds is 3. The maximum atomic E-state index is 2.67. The van der Waals surface area contributed by atoms with Crippen molar-refractivity contribution in [2.75, 3.05) is 4.90 Å². The zero-order valence-electron chi connectivity index (χ0n) is 30.1. The van der Waals surface area contributed by atoms with E-state index in [1.807, 2.05) is 0 Å². The average Bonchev–Trinajstić information content (AvgIpc) is 3.15. The number of hydrogen-bond acceptors (Lipinski definition) is 1. The highest BCUT2D eigenvalue weighted by Gasteiger charge is 2.42. The molecule has 0 saturated carbocycles. The number of anilines is 3. The first-order valence-electron chi connectivity index (χ1n) is 19.0. The van der Waals surface area contributed by atoms with Crippen LogP contribution in [0.5, 0.6) is 0 Å². The number of nitrogens with zero attached hydrogens (tertiary/aromatic N) is 1. The van der Waals surface area contributed by atoms with Gasteiger partial charge in [-0.05, 0) is 126 Å². The Morgan fingerprint density at radius 2 is 0.808 bits per heavy atom. The molecule has 0 spiro atoms. The molecule has 7 aromatic rings. The second-order valence-electron chi connectivity index (χ2n) is 15.8. The highest BCUT2D eigenvalue weighted by atomic mass is 15.1. The zero-order chi connectivity index (χ0) is 34.7. The van der Waals surface area contributed by atoms with Gasteiger partial charge in [-0.1, -0.05) is 148 Å². The molecule has 0 N–H and O–H groups in total. The van der Waals surface area contributed by atoms with E-state index in [0.717, 1.165) is 25.7 Å². The van der Waals surface area contributed by atoms with Crippen LogP contribution in [0, 0.1) is 20.8 Å². The van der Waals surface area contributed by atoms with E-state index in [0.29, 0.717) is 6.71 Å². The third-order valence-electron chi connectivity index (χ3n) is 12.7. The summed E-state index contributed by atoms with van der Waals surface area (Å²) in [4.78, 5) is 2.51. The highest BCUT2D eigenvalue weighted by Crippen LogP contribution is 2.40. The molecule has 0 aliphatic carbocycles. The zero-order valence-corrected chi connectivity index (χ0v) is 30.1. The molecule has 0 radical (unpaired) electrons. The second kappa shape index (κ2) is 11.2. The van der Waals surface area contributed by atoms with Crippen LogP contribution in [-0.4, -0.2) is 13.4 Å². The van der Waals surface area contributed by atoms with Gasteiger partial charge in [0.2, 0.25) is 13.4 Å². The molecule has 0 bridgehead atoms. The Labute approximate surface area is 308 Å². The maximum absolute atomic E-state index is 2.67. The van der Waals surface area contributed by atoms with Crippen molar-refractivity contribution >= 4 is 63.3 Å². The van der Waals surface area contributed by atoms with Crippen molar-refractivity contribution in [3.63, 3.8) is 0 Å². The first-order valence-corrected chi connectivity index (χ1v) is 19.0. The number of aryl methyl sites for hydroxylation is 3. The number of benzene rings is 7. The molecule has 7 aromatic carbocycles. The fraction of sp³-hybridized carbons (Fsp3) is 0.143. The smallest absolute Gasteiger partial charge is 0.242 e. The Morgan fingerprint density at radius 3 is 1.31 bits per heavy atom. The lowest BCUT2D eigenvalue weighted by Gasteiger charge is -2.39. The Morgan fingerprint density at radius 1 is 0.385 bits per heavy atom. The summed E-state index contributed by atoms with van der Waals surface area (Å²) in [6.07, 6.45) is 3.97. The van der Waals surface area contributed by atoms with Crippen LogP contribution in [0.3, 0.4) is 0 Å². The third kappa shape index (κ3) is 4.38. The van der Waals surface area contributed by atoms with Gasteiger partial charge in [0.25, 0.3) is 0 Å². The summed E-state index contributed by atoms with van der Waals surface area (Å²) in [6.45, 7) is 7.28. The van der Waals surface area contributed by atoms with Gasteiger partial charge >= 0.3 is 0 Å². The van der Waals surface area contributed by atoms with E-state index in [2.05, 4.69) is 159 Å². The molecular weight excluding hydrogens is 624 g/mol. The van der Waals surface area contributed by atoms with Crippen molar-refractivity contribution in [1.29, 1.82) is 0 Å². The van der Waals surface area contributed by atoms with Crippen LogP contribution in [-0.2, 0) is 25.7 Å². The SMILES string of the molecule is Cc1cc2c3c(c1)Cc1cc4c(cc1B3c1ccccc1C2)B1c2ccccc2Cc2cc(N(c3ccccc3C)c3ccccc3C)cc(c21)C4. The standard InChI is InChI=1S/C49H39B2N/c1-30-20-37-22-33-14-6-8-16-42(33)50-44-29-45-36(24-35(44)25-38(21-30)48(37)50)26-40-28-41(27-39-23-34-15-7-9-17-43(34)51(45)49(39)40)52(46-18-10-4-12-31(46)2)47-19-11-5-13-32(47)3/h4-21,24,27-29H,22-23,25-26H2,1-3H3. The molecule has 52 heavy (non-hydrogen) atoms. The fourth-order valence-electron chi connectivity index (χ4n) is 10.5. The molecule has 0 amide bonds. The van der Waals surface area contributed by atoms with Gasteiger partial charge in [-0.3, -0.25) is 0 Å². The van der Waals surface area contributed by atoms with Crippen molar-refractivity contribution in [3.8, 4) is 0 Å². The van der Waals surface area contributed by atoms with E-state index in [9.17, 15) is 0 Å². The van der Waals surface area contributed by atoms with Crippen LogP contribution >= 0.6 is 0 Å². The summed E-state index contributed by atoms with van der Waals surface area (Å²) >= 11 is 0. The van der Waals surface area contributed by atoms with Crippen molar-refractivity contribution in [3.05, 3.63) is 195 Å². The molecule has 0 saturated heterocycles. The molecule has 0 aromatic heterocycles. The molecule has 4 aliphatic heterocycles. The summed E-state index contributed by atoms with van der Waals surface area (Å²) < 4.78 is 0. The van der Waals surface area contributed by atoms with Gasteiger partial charge in [0, 0.05) is 17.1 Å². The normalized spacial score (nSPS) is 14.1. The van der Waals surface area contributed by atoms with Gasteiger partial charge in [-0.25, -0.2) is 0 Å². The van der Waals surface area contributed by atoms with E-state index < -0.39 is 0 Å². The predicted molar refractivity (Wildman–Crippen MR) is 222 cm³/mol. The van der Waals surface area contributed by atoms with E-state index in [1.54, 1.807) is 10.9 Å². The molecule has 246 valence electrons. The quantitative estimate of drug-likeness (QED) is 0.190. The van der Waals surface area contributed by atoms with E-state index >= 15 is 0 Å². The Bertz CT molecular complexity index is 2610. The second-order valence-corrected chi connectivity index (χ2v) is 15.8. The van der Waals surface area contributed by atoms with Gasteiger partial charge in [0.05, 0.1) is 0 Å². The van der Waals surface area contributed by atoms with Gasteiger partial charge < -0.3 is 4.90 Å². The van der Waals surface area contributed by atoms with Crippen molar-refractivity contribution in [2.24, 2.45) is 0 Å². The van der Waals surface area contributed by atoms with Crippen molar-refractivity contribution in [2.45, 2.75) is 46.5 Å². The molecule has 1 nitrogen and oxygen atoms in total. The van der Waals surface area contributed by atoms with Crippen LogP contribution in [0.25, 0.3) is 0 Å². The lowest BCUT2D eigenvalue weighted by molar-refractivity contribution is 1.11. The molecular formula is C49H39B2N. The molecule has 3 heteroatoms. The van der Waals surface area contributed by atoms with Gasteiger partial charge in [-0.15, -0.1) is 0 Å². The minimum absolute atomic E-state index is 0.237. The average molecular weight is 663 g/mol. The van der Waals surface area contributed by atoms with Crippen molar-refractivity contribution in [1.82, 2.24) is 0 Å². The maximum Gasteiger partial charge on any atom is 0.242 e. The summed E-state index contributed by atoms with van der Waals surface area (Å²) in [7, 11) is 0. The molecule has 4 aliphatic rings. The van der Waals surface area contributed by atoms with E-state index in [4.69, 9.17) is 0 Å². The summed E-state index contributed by atoms with van der Waals surface area (Å²) in [5.74, 6) is 0. The topological polar surface area (TPSA) is 3.24 Å². The van der Waals surface area contributed by atoms with Crippen molar-refractivity contribution < 1.29 is 0 Å².